The zero-order valence-corrected chi connectivity index (χ0v) is 18.9. The van der Waals surface area contributed by atoms with Gasteiger partial charge in [0.1, 0.15) is 5.82 Å². The van der Waals surface area contributed by atoms with Crippen LogP contribution in [-0.2, 0) is 11.2 Å². The molecule has 0 atom stereocenters. The highest BCUT2D eigenvalue weighted by molar-refractivity contribution is 7.09. The third-order valence-electron chi connectivity index (χ3n) is 5.38. The Bertz CT molecular complexity index is 756. The van der Waals surface area contributed by atoms with Gasteiger partial charge in [0.05, 0.1) is 0 Å². The monoisotopic (exact) mass is 434 g/mol. The Hall–Kier alpha value is -1.66. The average Bonchev–Trinajstić information content (AvgIpc) is 3.21. The van der Waals surface area contributed by atoms with Crippen LogP contribution in [0.25, 0.3) is 0 Å². The molecule has 1 aliphatic heterocycles. The largest absolute Gasteiger partial charge is 0.343 e. The molecule has 0 spiro atoms. The summed E-state index contributed by atoms with van der Waals surface area (Å²) < 4.78 is 4.51. The molecular weight excluding hydrogens is 404 g/mol. The molecule has 2 aromatic rings. The average molecular weight is 435 g/mol. The van der Waals surface area contributed by atoms with Crippen LogP contribution in [0.15, 0.2) is 24.3 Å². The van der Waals surface area contributed by atoms with Gasteiger partial charge < -0.3 is 9.80 Å². The van der Waals surface area contributed by atoms with E-state index in [1.54, 1.807) is 0 Å². The molecule has 158 valence electrons. The molecule has 1 fully saturated rings. The van der Waals surface area contributed by atoms with Crippen molar-refractivity contribution in [2.45, 2.75) is 58.3 Å². The lowest BCUT2D eigenvalue weighted by Gasteiger charge is -2.34. The maximum atomic E-state index is 12.4. The summed E-state index contributed by atoms with van der Waals surface area (Å²) in [4.78, 5) is 21.4. The van der Waals surface area contributed by atoms with Gasteiger partial charge in [-0.15, -0.1) is 0 Å². The van der Waals surface area contributed by atoms with Crippen LogP contribution >= 0.6 is 23.1 Å². The molecule has 1 aliphatic rings. The van der Waals surface area contributed by atoms with E-state index >= 15 is 0 Å². The molecule has 1 amide bonds. The second-order valence-electron chi connectivity index (χ2n) is 7.68. The summed E-state index contributed by atoms with van der Waals surface area (Å²) >= 11 is 7.39. The molecule has 3 rings (SSSR count). The van der Waals surface area contributed by atoms with E-state index in [1.807, 2.05) is 29.2 Å². The second kappa shape index (κ2) is 11.5. The standard InChI is InChI=1S/C22H31ClN4OS/c1-2-3-4-5-6-7-8-21(28)26-13-15-27(16-14-26)22-24-20(25-29-22)17-18-9-11-19(23)12-10-18/h9-12H,2-8,13-17H2,1H3. The lowest BCUT2D eigenvalue weighted by molar-refractivity contribution is -0.131. The number of carbonyl (C=O) groups is 1. The Balaban J connectivity index is 1.39. The number of aromatic nitrogens is 2. The zero-order chi connectivity index (χ0) is 20.5. The molecule has 0 saturated carbocycles. The van der Waals surface area contributed by atoms with E-state index in [2.05, 4.69) is 16.2 Å². The fourth-order valence-electron chi connectivity index (χ4n) is 3.59. The Morgan fingerprint density at radius 1 is 1.03 bits per heavy atom. The second-order valence-corrected chi connectivity index (χ2v) is 8.85. The fourth-order valence-corrected chi connectivity index (χ4v) is 4.45. The Morgan fingerprint density at radius 2 is 1.72 bits per heavy atom. The third kappa shape index (κ3) is 6.96. The number of rotatable bonds is 10. The van der Waals surface area contributed by atoms with Crippen molar-refractivity contribution in [3.63, 3.8) is 0 Å². The number of nitrogens with zero attached hydrogens (tertiary/aromatic N) is 4. The summed E-state index contributed by atoms with van der Waals surface area (Å²) in [7, 11) is 0. The number of piperazine rings is 1. The number of halogens is 1. The van der Waals surface area contributed by atoms with Crippen LogP contribution in [0.1, 0.15) is 63.3 Å². The van der Waals surface area contributed by atoms with Gasteiger partial charge in [0.25, 0.3) is 0 Å². The minimum absolute atomic E-state index is 0.306. The summed E-state index contributed by atoms with van der Waals surface area (Å²) in [6.45, 7) is 5.45. The molecule has 7 heteroatoms. The molecule has 0 radical (unpaired) electrons. The van der Waals surface area contributed by atoms with Crippen LogP contribution in [0.3, 0.4) is 0 Å². The molecule has 2 heterocycles. The zero-order valence-electron chi connectivity index (χ0n) is 17.3. The van der Waals surface area contributed by atoms with Crippen molar-refractivity contribution in [3.05, 3.63) is 40.7 Å². The van der Waals surface area contributed by atoms with E-state index in [-0.39, 0.29) is 0 Å². The Labute approximate surface area is 183 Å². The van der Waals surface area contributed by atoms with Crippen LogP contribution in [0.5, 0.6) is 0 Å². The molecule has 0 unspecified atom stereocenters. The number of hydrogen-bond acceptors (Lipinski definition) is 5. The van der Waals surface area contributed by atoms with Crippen molar-refractivity contribution in [1.29, 1.82) is 0 Å². The first-order valence-corrected chi connectivity index (χ1v) is 11.9. The highest BCUT2D eigenvalue weighted by atomic mass is 35.5. The summed E-state index contributed by atoms with van der Waals surface area (Å²) in [5.74, 6) is 1.15. The first kappa shape index (κ1) is 22.0. The molecule has 1 aromatic carbocycles. The quantitative estimate of drug-likeness (QED) is 0.483. The Kier molecular flexibility index (Phi) is 8.74. The molecule has 5 nitrogen and oxygen atoms in total. The van der Waals surface area contributed by atoms with Gasteiger partial charge in [-0.1, -0.05) is 62.8 Å². The highest BCUT2D eigenvalue weighted by Crippen LogP contribution is 2.21. The number of anilines is 1. The van der Waals surface area contributed by atoms with Crippen LogP contribution in [-0.4, -0.2) is 46.3 Å². The van der Waals surface area contributed by atoms with E-state index in [1.165, 1.54) is 43.6 Å². The van der Waals surface area contributed by atoms with E-state index < -0.39 is 0 Å². The van der Waals surface area contributed by atoms with Gasteiger partial charge in [0.2, 0.25) is 11.0 Å². The molecule has 29 heavy (non-hydrogen) atoms. The minimum Gasteiger partial charge on any atom is -0.343 e. The predicted octanol–water partition coefficient (Wildman–Crippen LogP) is 5.18. The van der Waals surface area contributed by atoms with Crippen molar-refractivity contribution in [2.75, 3.05) is 31.1 Å². The highest BCUT2D eigenvalue weighted by Gasteiger charge is 2.23. The van der Waals surface area contributed by atoms with Crippen LogP contribution in [0.4, 0.5) is 5.13 Å². The molecule has 0 bridgehead atoms. The Morgan fingerprint density at radius 3 is 2.45 bits per heavy atom. The normalized spacial score (nSPS) is 14.4. The van der Waals surface area contributed by atoms with Crippen LogP contribution in [0.2, 0.25) is 5.02 Å². The van der Waals surface area contributed by atoms with Gasteiger partial charge >= 0.3 is 0 Å². The SMILES string of the molecule is CCCCCCCCC(=O)N1CCN(c2nc(Cc3ccc(Cl)cc3)ns2)CC1. The smallest absolute Gasteiger partial charge is 0.222 e. The van der Waals surface area contributed by atoms with E-state index in [0.29, 0.717) is 18.7 Å². The number of carbonyl (C=O) groups excluding carboxylic acids is 1. The van der Waals surface area contributed by atoms with Crippen molar-refractivity contribution in [2.24, 2.45) is 0 Å². The molecule has 0 aliphatic carbocycles. The fraction of sp³-hybridized carbons (Fsp3) is 0.591. The molecule has 1 saturated heterocycles. The van der Waals surface area contributed by atoms with Gasteiger partial charge in [0, 0.05) is 55.6 Å². The number of amides is 1. The van der Waals surface area contributed by atoms with Crippen LogP contribution in [0, 0.1) is 0 Å². The van der Waals surface area contributed by atoms with Crippen molar-refractivity contribution < 1.29 is 4.79 Å². The van der Waals surface area contributed by atoms with E-state index in [0.717, 1.165) is 54.1 Å². The third-order valence-corrected chi connectivity index (χ3v) is 6.45. The first-order chi connectivity index (χ1) is 14.2. The molecule has 1 aromatic heterocycles. The van der Waals surface area contributed by atoms with E-state index in [9.17, 15) is 4.79 Å². The molecular formula is C22H31ClN4OS. The van der Waals surface area contributed by atoms with Crippen molar-refractivity contribution >= 4 is 34.2 Å². The molecule has 0 N–H and O–H groups in total. The lowest BCUT2D eigenvalue weighted by atomic mass is 10.1. The van der Waals surface area contributed by atoms with Gasteiger partial charge in [-0.05, 0) is 24.1 Å². The predicted molar refractivity (Wildman–Crippen MR) is 121 cm³/mol. The maximum absolute atomic E-state index is 12.4. The van der Waals surface area contributed by atoms with Gasteiger partial charge in [-0.2, -0.15) is 4.37 Å². The first-order valence-electron chi connectivity index (χ1n) is 10.8. The van der Waals surface area contributed by atoms with Gasteiger partial charge in [-0.25, -0.2) is 4.98 Å². The van der Waals surface area contributed by atoms with Gasteiger partial charge in [0.15, 0.2) is 0 Å². The summed E-state index contributed by atoms with van der Waals surface area (Å²) in [6, 6.07) is 7.81. The van der Waals surface area contributed by atoms with Crippen molar-refractivity contribution in [3.8, 4) is 0 Å². The van der Waals surface area contributed by atoms with Crippen molar-refractivity contribution in [1.82, 2.24) is 14.3 Å². The summed E-state index contributed by atoms with van der Waals surface area (Å²) in [5.41, 5.74) is 1.16. The van der Waals surface area contributed by atoms with E-state index in [4.69, 9.17) is 16.6 Å². The van der Waals surface area contributed by atoms with Crippen LogP contribution < -0.4 is 4.90 Å². The summed E-state index contributed by atoms with van der Waals surface area (Å²) in [6.07, 6.45) is 8.72. The lowest BCUT2D eigenvalue weighted by Crippen LogP contribution is -2.48. The number of hydrogen-bond donors (Lipinski definition) is 0. The van der Waals surface area contributed by atoms with Gasteiger partial charge in [-0.3, -0.25) is 4.79 Å². The number of unbranched alkanes of at least 4 members (excludes halogenated alkanes) is 5. The topological polar surface area (TPSA) is 49.3 Å². The summed E-state index contributed by atoms with van der Waals surface area (Å²) in [5, 5.41) is 1.70. The minimum atomic E-state index is 0.306. The maximum Gasteiger partial charge on any atom is 0.222 e. The number of benzene rings is 1.